The molecular weight excluding hydrogens is 226 g/mol. The summed E-state index contributed by atoms with van der Waals surface area (Å²) in [5.41, 5.74) is 1.60. The van der Waals surface area contributed by atoms with Crippen LogP contribution in [0.25, 0.3) is 0 Å². The first kappa shape index (κ1) is 13.4. The van der Waals surface area contributed by atoms with E-state index in [1.807, 2.05) is 18.2 Å². The molecule has 1 aromatic carbocycles. The molecule has 0 amide bonds. The zero-order valence-electron chi connectivity index (χ0n) is 11.3. The molecule has 18 heavy (non-hydrogen) atoms. The van der Waals surface area contributed by atoms with Crippen molar-refractivity contribution in [2.75, 3.05) is 20.3 Å². The lowest BCUT2D eigenvalue weighted by Crippen LogP contribution is -2.27. The monoisotopic (exact) mass is 249 g/mol. The molecule has 0 spiro atoms. The largest absolute Gasteiger partial charge is 0.508 e. The van der Waals surface area contributed by atoms with Gasteiger partial charge >= 0.3 is 0 Å². The first-order chi connectivity index (χ1) is 8.65. The van der Waals surface area contributed by atoms with Gasteiger partial charge in [0.15, 0.2) is 0 Å². The summed E-state index contributed by atoms with van der Waals surface area (Å²) in [5.74, 6) is 0.335. The average molecular weight is 249 g/mol. The molecule has 0 aliphatic heterocycles. The molecule has 1 unspecified atom stereocenters. The highest BCUT2D eigenvalue weighted by Gasteiger charge is 2.41. The van der Waals surface area contributed by atoms with Crippen LogP contribution < -0.4 is 5.32 Å². The molecule has 1 fully saturated rings. The molecule has 1 aromatic rings. The van der Waals surface area contributed by atoms with Gasteiger partial charge in [-0.3, -0.25) is 0 Å². The molecule has 2 N–H and O–H groups in total. The van der Waals surface area contributed by atoms with Gasteiger partial charge in [0.25, 0.3) is 0 Å². The minimum absolute atomic E-state index is 0.275. The van der Waals surface area contributed by atoms with Crippen LogP contribution in [0.2, 0.25) is 0 Å². The third-order valence-corrected chi connectivity index (χ3v) is 3.95. The van der Waals surface area contributed by atoms with Gasteiger partial charge in [0, 0.05) is 26.3 Å². The van der Waals surface area contributed by atoms with Crippen molar-refractivity contribution in [3.63, 3.8) is 0 Å². The van der Waals surface area contributed by atoms with E-state index in [2.05, 4.69) is 12.2 Å². The van der Waals surface area contributed by atoms with Crippen molar-refractivity contribution in [2.45, 2.75) is 32.2 Å². The van der Waals surface area contributed by atoms with Crippen LogP contribution in [-0.2, 0) is 4.74 Å². The number of phenolic OH excluding ortho intramolecular Hbond substituents is 1. The second-order valence-electron chi connectivity index (χ2n) is 5.44. The van der Waals surface area contributed by atoms with Crippen LogP contribution in [0.4, 0.5) is 0 Å². The number of benzene rings is 1. The number of methoxy groups -OCH3 is 1. The minimum atomic E-state index is 0.275. The fourth-order valence-corrected chi connectivity index (χ4v) is 2.29. The van der Waals surface area contributed by atoms with E-state index < -0.39 is 0 Å². The molecule has 0 bridgehead atoms. The normalized spacial score (nSPS) is 18.6. The van der Waals surface area contributed by atoms with E-state index in [1.165, 1.54) is 12.8 Å². The highest BCUT2D eigenvalue weighted by atomic mass is 16.5. The molecule has 1 aliphatic carbocycles. The molecule has 0 radical (unpaired) electrons. The van der Waals surface area contributed by atoms with E-state index in [0.29, 0.717) is 11.2 Å². The molecule has 2 rings (SSSR count). The van der Waals surface area contributed by atoms with Gasteiger partial charge in [-0.2, -0.15) is 0 Å². The molecule has 3 nitrogen and oxygen atoms in total. The van der Waals surface area contributed by atoms with Gasteiger partial charge in [-0.05, 0) is 49.3 Å². The van der Waals surface area contributed by atoms with Crippen molar-refractivity contribution in [3.8, 4) is 5.75 Å². The third-order valence-electron chi connectivity index (χ3n) is 3.95. The van der Waals surface area contributed by atoms with Gasteiger partial charge in [0.05, 0.1) is 0 Å². The van der Waals surface area contributed by atoms with Crippen LogP contribution in [0.3, 0.4) is 0 Å². The summed E-state index contributed by atoms with van der Waals surface area (Å²) < 4.78 is 5.16. The van der Waals surface area contributed by atoms with Crippen LogP contribution in [0.1, 0.15) is 37.8 Å². The summed E-state index contributed by atoms with van der Waals surface area (Å²) in [6.45, 7) is 4.02. The third kappa shape index (κ3) is 3.47. The van der Waals surface area contributed by atoms with Crippen LogP contribution >= 0.6 is 0 Å². The lowest BCUT2D eigenvalue weighted by Gasteiger charge is -2.20. The molecule has 0 saturated heterocycles. The molecule has 0 heterocycles. The first-order valence-electron chi connectivity index (χ1n) is 6.66. The Labute approximate surface area is 109 Å². The number of hydrogen-bond acceptors (Lipinski definition) is 3. The fourth-order valence-electron chi connectivity index (χ4n) is 2.29. The lowest BCUT2D eigenvalue weighted by atomic mass is 10.0. The zero-order chi connectivity index (χ0) is 13.0. The fraction of sp³-hybridized carbons (Fsp3) is 0.600. The smallest absolute Gasteiger partial charge is 0.115 e. The predicted molar refractivity (Wildman–Crippen MR) is 72.7 cm³/mol. The van der Waals surface area contributed by atoms with Crippen LogP contribution in [0, 0.1) is 5.41 Å². The number of rotatable bonds is 7. The van der Waals surface area contributed by atoms with E-state index in [4.69, 9.17) is 4.74 Å². The van der Waals surface area contributed by atoms with Crippen molar-refractivity contribution in [1.29, 1.82) is 0 Å². The zero-order valence-corrected chi connectivity index (χ0v) is 11.3. The van der Waals surface area contributed by atoms with Crippen molar-refractivity contribution in [1.82, 2.24) is 5.32 Å². The van der Waals surface area contributed by atoms with Crippen LogP contribution in [0.15, 0.2) is 24.3 Å². The Kier molecular flexibility index (Phi) is 4.25. The van der Waals surface area contributed by atoms with Gasteiger partial charge < -0.3 is 15.2 Å². The Hall–Kier alpha value is -1.06. The van der Waals surface area contributed by atoms with Crippen molar-refractivity contribution in [2.24, 2.45) is 5.41 Å². The first-order valence-corrected chi connectivity index (χ1v) is 6.66. The maximum Gasteiger partial charge on any atom is 0.115 e. The van der Waals surface area contributed by atoms with Gasteiger partial charge in [0.2, 0.25) is 0 Å². The minimum Gasteiger partial charge on any atom is -0.508 e. The molecule has 0 aromatic heterocycles. The lowest BCUT2D eigenvalue weighted by molar-refractivity contribution is 0.170. The average Bonchev–Trinajstić information content (AvgIpc) is 3.14. The maximum atomic E-state index is 9.47. The van der Waals surface area contributed by atoms with Gasteiger partial charge in [-0.1, -0.05) is 12.1 Å². The van der Waals surface area contributed by atoms with Crippen molar-refractivity contribution in [3.05, 3.63) is 29.8 Å². The quantitative estimate of drug-likeness (QED) is 0.780. The summed E-state index contributed by atoms with van der Waals surface area (Å²) in [5, 5.41) is 13.0. The molecule has 1 saturated carbocycles. The summed E-state index contributed by atoms with van der Waals surface area (Å²) >= 11 is 0. The van der Waals surface area contributed by atoms with E-state index >= 15 is 0 Å². The molecular formula is C15H23NO2. The second kappa shape index (κ2) is 5.72. The molecule has 3 heteroatoms. The van der Waals surface area contributed by atoms with Crippen molar-refractivity contribution >= 4 is 0 Å². The summed E-state index contributed by atoms with van der Waals surface area (Å²) in [6, 6.07) is 7.74. The Morgan fingerprint density at radius 1 is 1.44 bits per heavy atom. The number of aromatic hydroxyl groups is 1. The maximum absolute atomic E-state index is 9.47. The molecule has 100 valence electrons. The number of nitrogens with one attached hydrogen (secondary N) is 1. The number of hydrogen-bond donors (Lipinski definition) is 2. The van der Waals surface area contributed by atoms with E-state index in [9.17, 15) is 5.11 Å². The summed E-state index contributed by atoms with van der Waals surface area (Å²) in [6.07, 6.45) is 3.75. The Morgan fingerprint density at radius 3 is 2.83 bits per heavy atom. The summed E-state index contributed by atoms with van der Waals surface area (Å²) in [7, 11) is 1.76. The van der Waals surface area contributed by atoms with E-state index in [0.717, 1.165) is 25.1 Å². The number of ether oxygens (including phenoxy) is 1. The highest BCUT2D eigenvalue weighted by molar-refractivity contribution is 5.29. The topological polar surface area (TPSA) is 41.5 Å². The van der Waals surface area contributed by atoms with E-state index in [-0.39, 0.29) is 6.04 Å². The SMILES string of the molecule is COCCC1(CNC(C)c2cccc(O)c2)CC1. The van der Waals surface area contributed by atoms with Gasteiger partial charge in [0.1, 0.15) is 5.75 Å². The standard InChI is InChI=1S/C15H23NO2/c1-12(13-4-3-5-14(17)10-13)16-11-15(6-7-15)8-9-18-2/h3-5,10,12,16-17H,6-9,11H2,1-2H3. The Balaban J connectivity index is 1.83. The Bertz CT molecular complexity index is 388. The second-order valence-corrected chi connectivity index (χ2v) is 5.44. The van der Waals surface area contributed by atoms with Crippen LogP contribution in [-0.4, -0.2) is 25.4 Å². The van der Waals surface area contributed by atoms with Gasteiger partial charge in [-0.25, -0.2) is 0 Å². The van der Waals surface area contributed by atoms with Crippen molar-refractivity contribution < 1.29 is 9.84 Å². The van der Waals surface area contributed by atoms with E-state index in [1.54, 1.807) is 13.2 Å². The highest BCUT2D eigenvalue weighted by Crippen LogP contribution is 2.48. The molecule has 1 atom stereocenters. The molecule has 1 aliphatic rings. The predicted octanol–water partition coefficient (Wildman–Crippen LogP) is 2.86. The van der Waals surface area contributed by atoms with Crippen LogP contribution in [0.5, 0.6) is 5.75 Å². The number of phenols is 1. The van der Waals surface area contributed by atoms with Gasteiger partial charge in [-0.15, -0.1) is 0 Å². The summed E-state index contributed by atoms with van der Waals surface area (Å²) in [4.78, 5) is 0. The Morgan fingerprint density at radius 2 is 2.22 bits per heavy atom.